The average molecular weight is 735 g/mol. The first-order valence-electron chi connectivity index (χ1n) is 20.8. The molecule has 56 heavy (non-hydrogen) atoms. The smallest absolute Gasteiger partial charge is 0.0648 e. The Morgan fingerprint density at radius 1 is 0.339 bits per heavy atom. The van der Waals surface area contributed by atoms with Gasteiger partial charge in [-0.3, -0.25) is 0 Å². The SMILES string of the molecule is [2H]c1c(Nc2c(-c3ccccc3)cc(C(C)(C)C)cc2-c2ccccc2)cc(Nc2c(-c3ccccc3)cc(C(C)(C)C)cc2-c2ccccc2)c([2H])c1C(C)(C)C. The Hall–Kier alpha value is -5.86. The van der Waals surface area contributed by atoms with Crippen molar-refractivity contribution in [3.63, 3.8) is 0 Å². The Bertz CT molecular complexity index is 2250. The normalized spacial score (nSPS) is 12.5. The van der Waals surface area contributed by atoms with E-state index in [0.29, 0.717) is 29.0 Å². The van der Waals surface area contributed by atoms with Crippen molar-refractivity contribution in [2.45, 2.75) is 78.6 Å². The Morgan fingerprint density at radius 3 is 0.821 bits per heavy atom. The van der Waals surface area contributed by atoms with Crippen molar-refractivity contribution in [1.82, 2.24) is 0 Å². The summed E-state index contributed by atoms with van der Waals surface area (Å²) in [4.78, 5) is 0. The molecule has 0 aliphatic heterocycles. The lowest BCUT2D eigenvalue weighted by atomic mass is 9.82. The highest BCUT2D eigenvalue weighted by molar-refractivity contribution is 5.96. The molecule has 0 aliphatic rings. The minimum absolute atomic E-state index is 0.106. The molecule has 0 atom stereocenters. The first kappa shape index (κ1) is 35.8. The van der Waals surface area contributed by atoms with E-state index < -0.39 is 5.41 Å². The zero-order valence-electron chi connectivity index (χ0n) is 36.4. The molecule has 0 saturated carbocycles. The van der Waals surface area contributed by atoms with Crippen molar-refractivity contribution in [2.75, 3.05) is 10.6 Å². The fraction of sp³-hybridized carbons (Fsp3) is 0.222. The fourth-order valence-corrected chi connectivity index (χ4v) is 7.10. The van der Waals surface area contributed by atoms with E-state index in [-0.39, 0.29) is 10.8 Å². The highest BCUT2D eigenvalue weighted by Crippen LogP contribution is 2.46. The molecule has 0 amide bonds. The lowest BCUT2D eigenvalue weighted by molar-refractivity contribution is 0.590. The van der Waals surface area contributed by atoms with E-state index in [9.17, 15) is 2.74 Å². The van der Waals surface area contributed by atoms with Gasteiger partial charge in [0.1, 0.15) is 0 Å². The number of hydrogen-bond acceptors (Lipinski definition) is 2. The van der Waals surface area contributed by atoms with Crippen molar-refractivity contribution in [3.05, 3.63) is 180 Å². The van der Waals surface area contributed by atoms with Gasteiger partial charge in [-0.15, -0.1) is 0 Å². The quantitative estimate of drug-likeness (QED) is 0.162. The minimum Gasteiger partial charge on any atom is -0.354 e. The largest absolute Gasteiger partial charge is 0.354 e. The topological polar surface area (TPSA) is 24.1 Å². The predicted octanol–water partition coefficient (Wildman–Crippen LogP) is 15.7. The van der Waals surface area contributed by atoms with Gasteiger partial charge in [0.2, 0.25) is 0 Å². The summed E-state index contributed by atoms with van der Waals surface area (Å²) in [5.41, 5.74) is 14.1. The monoisotopic (exact) mass is 734 g/mol. The molecule has 2 nitrogen and oxygen atoms in total. The molecule has 7 aromatic rings. The van der Waals surface area contributed by atoms with Crippen LogP contribution in [0.25, 0.3) is 44.5 Å². The van der Waals surface area contributed by atoms with Gasteiger partial charge in [0.05, 0.1) is 14.1 Å². The van der Waals surface area contributed by atoms with Crippen LogP contribution in [0.4, 0.5) is 22.7 Å². The third-order valence-electron chi connectivity index (χ3n) is 10.4. The van der Waals surface area contributed by atoms with Crippen LogP contribution in [0.5, 0.6) is 0 Å². The molecule has 2 heteroatoms. The summed E-state index contributed by atoms with van der Waals surface area (Å²) >= 11 is 0. The van der Waals surface area contributed by atoms with Gasteiger partial charge in [0.25, 0.3) is 0 Å². The molecule has 0 aliphatic carbocycles. The summed E-state index contributed by atoms with van der Waals surface area (Å²) in [6.45, 7) is 19.8. The molecule has 7 aromatic carbocycles. The van der Waals surface area contributed by atoms with Crippen molar-refractivity contribution < 1.29 is 2.74 Å². The average Bonchev–Trinajstić information content (AvgIpc) is 3.19. The molecule has 0 bridgehead atoms. The molecule has 0 unspecified atom stereocenters. The Kier molecular flexibility index (Phi) is 9.82. The van der Waals surface area contributed by atoms with Gasteiger partial charge >= 0.3 is 0 Å². The summed E-state index contributed by atoms with van der Waals surface area (Å²) < 4.78 is 19.6. The third-order valence-corrected chi connectivity index (χ3v) is 10.4. The zero-order valence-corrected chi connectivity index (χ0v) is 34.4. The lowest BCUT2D eigenvalue weighted by Gasteiger charge is -2.27. The number of anilines is 4. The Balaban J connectivity index is 1.51. The van der Waals surface area contributed by atoms with Gasteiger partial charge in [0, 0.05) is 33.6 Å². The van der Waals surface area contributed by atoms with Gasteiger partial charge in [-0.05, 0) is 97.6 Å². The van der Waals surface area contributed by atoms with Crippen molar-refractivity contribution in [2.24, 2.45) is 0 Å². The van der Waals surface area contributed by atoms with E-state index in [4.69, 9.17) is 0 Å². The summed E-state index contributed by atoms with van der Waals surface area (Å²) in [6.07, 6.45) is 0. The Labute approximate surface area is 338 Å². The molecular formula is C54H56N2. The number of nitrogens with one attached hydrogen (secondary N) is 2. The first-order chi connectivity index (χ1) is 27.5. The van der Waals surface area contributed by atoms with Gasteiger partial charge in [-0.1, -0.05) is 184 Å². The standard InChI is InChI=1S/C54H56N2/c1-52(2,3)41-30-44(55-50-46(37-22-14-10-15-23-37)32-42(53(4,5)6)33-47(50)38-24-16-11-17-25-38)36-45(31-41)56-51-48(39-26-18-12-19-27-39)34-43(54(7,8)9)35-49(51)40-28-20-13-21-29-40/h10-36,55-56H,1-9H3/i30D,31D. The van der Waals surface area contributed by atoms with Crippen LogP contribution in [-0.2, 0) is 16.2 Å². The molecule has 7 rings (SSSR count). The molecule has 2 N–H and O–H groups in total. The van der Waals surface area contributed by atoms with Crippen molar-refractivity contribution in [1.29, 1.82) is 0 Å². The summed E-state index contributed by atoms with van der Waals surface area (Å²) in [5, 5.41) is 7.72. The fourth-order valence-electron chi connectivity index (χ4n) is 7.10. The second-order valence-corrected chi connectivity index (χ2v) is 18.0. The summed E-state index contributed by atoms with van der Waals surface area (Å²) in [6, 6.07) is 53.8. The van der Waals surface area contributed by atoms with Crippen LogP contribution in [0.2, 0.25) is 0 Å². The third kappa shape index (κ3) is 8.51. The van der Waals surface area contributed by atoms with E-state index in [0.717, 1.165) is 55.9 Å². The number of hydrogen-bond donors (Lipinski definition) is 2. The van der Waals surface area contributed by atoms with Gasteiger partial charge in [0.15, 0.2) is 0 Å². The highest BCUT2D eigenvalue weighted by Gasteiger charge is 2.24. The predicted molar refractivity (Wildman–Crippen MR) is 244 cm³/mol. The molecule has 0 heterocycles. The van der Waals surface area contributed by atoms with Gasteiger partial charge in [-0.2, -0.15) is 0 Å². The zero-order chi connectivity index (χ0) is 41.4. The first-order valence-corrected chi connectivity index (χ1v) is 19.8. The molecule has 0 radical (unpaired) electrons. The molecule has 0 fully saturated rings. The maximum absolute atomic E-state index is 9.80. The van der Waals surface area contributed by atoms with Gasteiger partial charge in [-0.25, -0.2) is 0 Å². The Morgan fingerprint density at radius 2 is 0.589 bits per heavy atom. The molecular weight excluding hydrogens is 677 g/mol. The number of rotatable bonds is 8. The lowest BCUT2D eigenvalue weighted by Crippen LogP contribution is -2.14. The van der Waals surface area contributed by atoms with E-state index in [2.05, 4.69) is 194 Å². The van der Waals surface area contributed by atoms with E-state index in [1.807, 2.05) is 30.3 Å². The second-order valence-electron chi connectivity index (χ2n) is 18.0. The van der Waals surface area contributed by atoms with Gasteiger partial charge < -0.3 is 10.6 Å². The molecule has 0 saturated heterocycles. The second kappa shape index (κ2) is 15.3. The molecule has 0 aromatic heterocycles. The van der Waals surface area contributed by atoms with Crippen LogP contribution in [-0.4, -0.2) is 0 Å². The number of benzene rings is 7. The molecule has 0 spiro atoms. The van der Waals surface area contributed by atoms with Crippen LogP contribution in [0.3, 0.4) is 0 Å². The van der Waals surface area contributed by atoms with Crippen molar-refractivity contribution >= 4 is 22.7 Å². The summed E-state index contributed by atoms with van der Waals surface area (Å²) in [7, 11) is 0. The highest BCUT2D eigenvalue weighted by atomic mass is 14.9. The summed E-state index contributed by atoms with van der Waals surface area (Å²) in [5.74, 6) is 0. The van der Waals surface area contributed by atoms with Crippen LogP contribution in [0, 0.1) is 0 Å². The van der Waals surface area contributed by atoms with E-state index in [1.165, 1.54) is 11.1 Å². The van der Waals surface area contributed by atoms with E-state index in [1.54, 1.807) is 0 Å². The maximum Gasteiger partial charge on any atom is 0.0648 e. The van der Waals surface area contributed by atoms with Crippen molar-refractivity contribution in [3.8, 4) is 44.5 Å². The van der Waals surface area contributed by atoms with Crippen LogP contribution >= 0.6 is 0 Å². The minimum atomic E-state index is -0.497. The van der Waals surface area contributed by atoms with Crippen LogP contribution in [0.15, 0.2) is 164 Å². The van der Waals surface area contributed by atoms with E-state index >= 15 is 0 Å². The van der Waals surface area contributed by atoms with Crippen LogP contribution < -0.4 is 10.6 Å². The maximum atomic E-state index is 9.80. The molecule has 282 valence electrons. The van der Waals surface area contributed by atoms with Crippen LogP contribution in [0.1, 0.15) is 81.7 Å².